The largest absolute Gasteiger partial charge is 0.392 e. The number of nitrogens with zero attached hydrogens (tertiary/aromatic N) is 1. The quantitative estimate of drug-likeness (QED) is 0.800. The van der Waals surface area contributed by atoms with Gasteiger partial charge in [-0.1, -0.05) is 31.5 Å². The molecule has 2 fully saturated rings. The lowest BCUT2D eigenvalue weighted by molar-refractivity contribution is 0.372. The predicted molar refractivity (Wildman–Crippen MR) is 76.9 cm³/mol. The van der Waals surface area contributed by atoms with Gasteiger partial charge in [0.05, 0.1) is 16.8 Å². The summed E-state index contributed by atoms with van der Waals surface area (Å²) in [4.78, 5) is 0.319. The van der Waals surface area contributed by atoms with Crippen LogP contribution >= 0.6 is 12.2 Å². The maximum Gasteiger partial charge on any atom is 0.215 e. The summed E-state index contributed by atoms with van der Waals surface area (Å²) < 4.78 is 26.4. The highest BCUT2D eigenvalue weighted by Gasteiger charge is 2.37. The number of hydrogen-bond donors (Lipinski definition) is 1. The fourth-order valence-electron chi connectivity index (χ4n) is 3.10. The van der Waals surface area contributed by atoms with Crippen molar-refractivity contribution in [1.82, 2.24) is 4.31 Å². The van der Waals surface area contributed by atoms with Gasteiger partial charge in [0.25, 0.3) is 0 Å². The van der Waals surface area contributed by atoms with Gasteiger partial charge in [0.15, 0.2) is 0 Å². The smallest absolute Gasteiger partial charge is 0.215 e. The molecule has 0 amide bonds. The van der Waals surface area contributed by atoms with E-state index >= 15 is 0 Å². The van der Waals surface area contributed by atoms with E-state index in [0.717, 1.165) is 25.7 Å². The Morgan fingerprint density at radius 2 is 1.83 bits per heavy atom. The molecule has 0 bridgehead atoms. The zero-order valence-corrected chi connectivity index (χ0v) is 12.3. The lowest BCUT2D eigenvalue weighted by atomic mass is 9.91. The van der Waals surface area contributed by atoms with Crippen LogP contribution in [-0.4, -0.2) is 36.1 Å². The van der Waals surface area contributed by atoms with E-state index in [0.29, 0.717) is 17.5 Å². The van der Waals surface area contributed by atoms with E-state index in [-0.39, 0.29) is 11.8 Å². The van der Waals surface area contributed by atoms with Crippen molar-refractivity contribution in [2.75, 3.05) is 12.3 Å². The molecule has 0 aromatic carbocycles. The van der Waals surface area contributed by atoms with Crippen molar-refractivity contribution in [3.05, 3.63) is 0 Å². The fourth-order valence-corrected chi connectivity index (χ4v) is 5.55. The predicted octanol–water partition coefficient (Wildman–Crippen LogP) is 1.65. The minimum absolute atomic E-state index is 0.242. The highest BCUT2D eigenvalue weighted by Crippen LogP contribution is 2.28. The lowest BCUT2D eigenvalue weighted by Gasteiger charge is -2.27. The van der Waals surface area contributed by atoms with Crippen molar-refractivity contribution in [2.45, 2.75) is 51.0 Å². The van der Waals surface area contributed by atoms with Crippen LogP contribution in [0.4, 0.5) is 0 Å². The van der Waals surface area contributed by atoms with Crippen LogP contribution in [0.3, 0.4) is 0 Å². The Morgan fingerprint density at radius 1 is 1.17 bits per heavy atom. The maximum absolute atomic E-state index is 12.4. The number of hydrogen-bond acceptors (Lipinski definition) is 3. The van der Waals surface area contributed by atoms with Crippen LogP contribution in [0.1, 0.15) is 44.9 Å². The number of nitrogens with two attached hydrogens (primary N) is 1. The summed E-state index contributed by atoms with van der Waals surface area (Å²) in [6.07, 6.45) is 7.31. The standard InChI is InChI=1S/C12H22N2O2S2/c13-12(17)11-7-4-8-14(11)18(15,16)9-10-5-2-1-3-6-10/h10-11H,1-9H2,(H2,13,17). The lowest BCUT2D eigenvalue weighted by Crippen LogP contribution is -2.44. The molecule has 1 unspecified atom stereocenters. The summed E-state index contributed by atoms with van der Waals surface area (Å²) in [5.41, 5.74) is 5.64. The average molecular weight is 290 g/mol. The third-order valence-corrected chi connectivity index (χ3v) is 6.38. The Balaban J connectivity index is 2.03. The first kappa shape index (κ1) is 14.2. The first-order valence-corrected chi connectivity index (χ1v) is 8.81. The zero-order valence-electron chi connectivity index (χ0n) is 10.7. The van der Waals surface area contributed by atoms with Gasteiger partial charge in [0.1, 0.15) is 0 Å². The van der Waals surface area contributed by atoms with E-state index in [9.17, 15) is 8.42 Å². The summed E-state index contributed by atoms with van der Waals surface area (Å²) in [5, 5.41) is 0. The minimum Gasteiger partial charge on any atom is -0.392 e. The first-order valence-electron chi connectivity index (χ1n) is 6.79. The van der Waals surface area contributed by atoms with Gasteiger partial charge < -0.3 is 5.73 Å². The van der Waals surface area contributed by atoms with Crippen LogP contribution < -0.4 is 5.73 Å². The number of sulfonamides is 1. The number of rotatable bonds is 4. The summed E-state index contributed by atoms with van der Waals surface area (Å²) in [6.45, 7) is 0.580. The molecule has 1 aliphatic carbocycles. The molecular formula is C12H22N2O2S2. The van der Waals surface area contributed by atoms with Gasteiger partial charge in [0, 0.05) is 6.54 Å². The van der Waals surface area contributed by atoms with Crippen LogP contribution in [-0.2, 0) is 10.0 Å². The molecule has 2 N–H and O–H groups in total. The molecule has 18 heavy (non-hydrogen) atoms. The van der Waals surface area contributed by atoms with Crippen molar-refractivity contribution in [3.63, 3.8) is 0 Å². The Hall–Kier alpha value is -0.200. The second-order valence-corrected chi connectivity index (χ2v) is 7.89. The van der Waals surface area contributed by atoms with Gasteiger partial charge >= 0.3 is 0 Å². The molecule has 4 nitrogen and oxygen atoms in total. The van der Waals surface area contributed by atoms with Crippen molar-refractivity contribution in [2.24, 2.45) is 11.7 Å². The molecule has 1 aliphatic heterocycles. The van der Waals surface area contributed by atoms with Gasteiger partial charge in [-0.3, -0.25) is 0 Å². The Labute approximate surface area is 115 Å². The number of thiocarbonyl (C=S) groups is 1. The fraction of sp³-hybridized carbons (Fsp3) is 0.917. The average Bonchev–Trinajstić information content (AvgIpc) is 2.79. The molecule has 2 rings (SSSR count). The zero-order chi connectivity index (χ0) is 13.2. The first-order chi connectivity index (χ1) is 8.50. The Bertz CT molecular complexity index is 402. The van der Waals surface area contributed by atoms with Crippen LogP contribution in [0.15, 0.2) is 0 Å². The molecule has 0 aromatic rings. The summed E-state index contributed by atoms with van der Waals surface area (Å²) in [5.74, 6) is 0.614. The molecule has 1 heterocycles. The second kappa shape index (κ2) is 5.84. The topological polar surface area (TPSA) is 63.4 Å². The summed E-state index contributed by atoms with van der Waals surface area (Å²) in [6, 6.07) is -0.242. The summed E-state index contributed by atoms with van der Waals surface area (Å²) >= 11 is 4.98. The summed E-state index contributed by atoms with van der Waals surface area (Å²) in [7, 11) is -3.19. The third-order valence-electron chi connectivity index (χ3n) is 4.06. The Kier molecular flexibility index (Phi) is 4.61. The van der Waals surface area contributed by atoms with E-state index in [1.807, 2.05) is 0 Å². The SMILES string of the molecule is NC(=S)C1CCCN1S(=O)(=O)CC1CCCCC1. The van der Waals surface area contributed by atoms with E-state index in [4.69, 9.17) is 18.0 Å². The third kappa shape index (κ3) is 3.22. The van der Waals surface area contributed by atoms with E-state index in [1.165, 1.54) is 19.3 Å². The molecule has 0 aromatic heterocycles. The monoisotopic (exact) mass is 290 g/mol. The van der Waals surface area contributed by atoms with E-state index in [2.05, 4.69) is 0 Å². The van der Waals surface area contributed by atoms with Crippen LogP contribution in [0, 0.1) is 5.92 Å². The van der Waals surface area contributed by atoms with Crippen molar-refractivity contribution in [3.8, 4) is 0 Å². The van der Waals surface area contributed by atoms with E-state index in [1.54, 1.807) is 4.31 Å². The molecule has 1 saturated carbocycles. The van der Waals surface area contributed by atoms with Gasteiger partial charge in [-0.15, -0.1) is 0 Å². The molecule has 104 valence electrons. The second-order valence-electron chi connectivity index (χ2n) is 5.45. The molecule has 0 radical (unpaired) electrons. The molecular weight excluding hydrogens is 268 g/mol. The molecule has 0 spiro atoms. The van der Waals surface area contributed by atoms with Crippen molar-refractivity contribution in [1.29, 1.82) is 0 Å². The highest BCUT2D eigenvalue weighted by molar-refractivity contribution is 7.89. The van der Waals surface area contributed by atoms with Crippen molar-refractivity contribution >= 4 is 27.2 Å². The Morgan fingerprint density at radius 3 is 2.44 bits per heavy atom. The van der Waals surface area contributed by atoms with Gasteiger partial charge in [-0.05, 0) is 31.6 Å². The minimum atomic E-state index is -3.19. The molecule has 1 atom stereocenters. The maximum atomic E-state index is 12.4. The van der Waals surface area contributed by atoms with Crippen LogP contribution in [0.25, 0.3) is 0 Å². The van der Waals surface area contributed by atoms with Crippen LogP contribution in [0.5, 0.6) is 0 Å². The molecule has 6 heteroatoms. The molecule has 2 aliphatic rings. The van der Waals surface area contributed by atoms with Crippen molar-refractivity contribution < 1.29 is 8.42 Å². The van der Waals surface area contributed by atoms with Gasteiger partial charge in [-0.2, -0.15) is 4.31 Å². The van der Waals surface area contributed by atoms with Crippen LogP contribution in [0.2, 0.25) is 0 Å². The molecule has 1 saturated heterocycles. The van der Waals surface area contributed by atoms with Gasteiger partial charge in [0.2, 0.25) is 10.0 Å². The highest BCUT2D eigenvalue weighted by atomic mass is 32.2. The van der Waals surface area contributed by atoms with Gasteiger partial charge in [-0.25, -0.2) is 8.42 Å². The normalized spacial score (nSPS) is 27.4. The van der Waals surface area contributed by atoms with E-state index < -0.39 is 10.0 Å².